The van der Waals surface area contributed by atoms with Gasteiger partial charge in [0.1, 0.15) is 5.54 Å². The van der Waals surface area contributed by atoms with Crippen LogP contribution in [0.1, 0.15) is 44.9 Å². The Labute approximate surface area is 119 Å². The third-order valence-corrected chi connectivity index (χ3v) is 4.54. The Balaban J connectivity index is 2.01. The number of carboxylic acids is 1. The van der Waals surface area contributed by atoms with Gasteiger partial charge in [-0.1, -0.05) is 25.7 Å². The van der Waals surface area contributed by atoms with Gasteiger partial charge in [-0.05, 0) is 19.3 Å². The number of carboxylic acid groups (broad SMARTS) is 1. The van der Waals surface area contributed by atoms with Crippen LogP contribution in [0.2, 0.25) is 0 Å². The number of hydrogen-bond donors (Lipinski definition) is 3. The molecule has 114 valence electrons. The molecule has 2 fully saturated rings. The van der Waals surface area contributed by atoms with Crippen molar-refractivity contribution in [3.05, 3.63) is 0 Å². The molecule has 1 saturated heterocycles. The summed E-state index contributed by atoms with van der Waals surface area (Å²) in [6.07, 6.45) is 5.53. The van der Waals surface area contributed by atoms with Gasteiger partial charge in [0.2, 0.25) is 0 Å². The first kappa shape index (κ1) is 15.1. The number of nitrogens with one attached hydrogen (secondary N) is 1. The smallest absolute Gasteiger partial charge is 0.329 e. The molecule has 2 aliphatic rings. The van der Waals surface area contributed by atoms with E-state index >= 15 is 0 Å². The molecule has 0 radical (unpaired) electrons. The number of hydrogen-bond acceptors (Lipinski definition) is 3. The molecule has 1 saturated carbocycles. The van der Waals surface area contributed by atoms with Crippen LogP contribution in [-0.2, 0) is 4.79 Å². The summed E-state index contributed by atoms with van der Waals surface area (Å²) in [5.74, 6) is -0.804. The fourth-order valence-electron chi connectivity index (χ4n) is 3.17. The molecule has 6 nitrogen and oxygen atoms in total. The molecule has 6 heteroatoms. The highest BCUT2D eigenvalue weighted by atomic mass is 16.4. The summed E-state index contributed by atoms with van der Waals surface area (Å²) in [4.78, 5) is 25.5. The van der Waals surface area contributed by atoms with Crippen molar-refractivity contribution in [2.45, 2.75) is 50.5 Å². The number of aliphatic hydroxyl groups is 1. The number of carbonyl (C=O) groups is 2. The van der Waals surface area contributed by atoms with Crippen LogP contribution in [0.3, 0.4) is 0 Å². The zero-order chi connectivity index (χ0) is 14.6. The van der Waals surface area contributed by atoms with Crippen molar-refractivity contribution in [2.75, 3.05) is 19.7 Å². The average Bonchev–Trinajstić information content (AvgIpc) is 2.79. The largest absolute Gasteiger partial charge is 0.480 e. The van der Waals surface area contributed by atoms with E-state index in [-0.39, 0.29) is 18.6 Å². The van der Waals surface area contributed by atoms with E-state index in [4.69, 9.17) is 5.11 Å². The molecule has 3 N–H and O–H groups in total. The lowest BCUT2D eigenvalue weighted by Gasteiger charge is -2.31. The van der Waals surface area contributed by atoms with Gasteiger partial charge in [0.25, 0.3) is 0 Å². The van der Waals surface area contributed by atoms with Gasteiger partial charge in [-0.25, -0.2) is 9.59 Å². The van der Waals surface area contributed by atoms with E-state index < -0.39 is 11.5 Å². The summed E-state index contributed by atoms with van der Waals surface area (Å²) in [5, 5.41) is 21.4. The molecular weight excluding hydrogens is 260 g/mol. The van der Waals surface area contributed by atoms with Crippen LogP contribution in [0.15, 0.2) is 0 Å². The maximum Gasteiger partial charge on any atom is 0.329 e. The van der Waals surface area contributed by atoms with E-state index in [2.05, 4.69) is 5.32 Å². The third-order valence-electron chi connectivity index (χ3n) is 4.54. The fraction of sp³-hybridized carbons (Fsp3) is 0.857. The molecule has 0 aromatic carbocycles. The molecule has 1 heterocycles. The number of carbonyl (C=O) groups excluding carboxylic acids is 1. The molecule has 1 atom stereocenters. The highest BCUT2D eigenvalue weighted by Crippen LogP contribution is 2.28. The van der Waals surface area contributed by atoms with Gasteiger partial charge < -0.3 is 20.4 Å². The summed E-state index contributed by atoms with van der Waals surface area (Å²) in [5.41, 5.74) is -1.11. The zero-order valence-corrected chi connectivity index (χ0v) is 11.8. The molecule has 2 amide bonds. The molecule has 1 aliphatic carbocycles. The highest BCUT2D eigenvalue weighted by Gasteiger charge is 2.41. The minimum Gasteiger partial charge on any atom is -0.480 e. The van der Waals surface area contributed by atoms with Crippen LogP contribution < -0.4 is 5.32 Å². The quantitative estimate of drug-likeness (QED) is 0.679. The van der Waals surface area contributed by atoms with Crippen molar-refractivity contribution in [3.8, 4) is 0 Å². The molecule has 0 aromatic rings. The predicted molar refractivity (Wildman–Crippen MR) is 73.4 cm³/mol. The SMILES string of the molecule is O=C(NC1(C(=O)O)CCCCCC1)N1CCC(CO)C1. The minimum atomic E-state index is -1.11. The van der Waals surface area contributed by atoms with Gasteiger partial charge in [0.15, 0.2) is 0 Å². The molecule has 20 heavy (non-hydrogen) atoms. The fourth-order valence-corrected chi connectivity index (χ4v) is 3.17. The standard InChI is InChI=1S/C14H24N2O4/c17-10-11-5-8-16(9-11)13(20)15-14(12(18)19)6-3-1-2-4-7-14/h11,17H,1-10H2,(H,15,20)(H,18,19). The van der Waals surface area contributed by atoms with Gasteiger partial charge in [0.05, 0.1) is 0 Å². The summed E-state index contributed by atoms with van der Waals surface area (Å²) in [6.45, 7) is 1.18. The maximum atomic E-state index is 12.3. The number of aliphatic hydroxyl groups excluding tert-OH is 1. The maximum absolute atomic E-state index is 12.3. The second kappa shape index (κ2) is 6.43. The van der Waals surface area contributed by atoms with Crippen LogP contribution in [-0.4, -0.2) is 52.3 Å². The second-order valence-corrected chi connectivity index (χ2v) is 6.01. The molecule has 0 bridgehead atoms. The summed E-state index contributed by atoms with van der Waals surface area (Å²) in [7, 11) is 0. The Kier molecular flexibility index (Phi) is 4.86. The van der Waals surface area contributed by atoms with Crippen LogP contribution >= 0.6 is 0 Å². The Morgan fingerprint density at radius 1 is 1.20 bits per heavy atom. The molecule has 0 spiro atoms. The van der Waals surface area contributed by atoms with Crippen LogP contribution in [0.5, 0.6) is 0 Å². The first-order valence-electron chi connectivity index (χ1n) is 7.49. The van der Waals surface area contributed by atoms with Gasteiger partial charge in [-0.2, -0.15) is 0 Å². The summed E-state index contributed by atoms with van der Waals surface area (Å²) >= 11 is 0. The van der Waals surface area contributed by atoms with E-state index in [1.54, 1.807) is 4.90 Å². The van der Waals surface area contributed by atoms with Crippen molar-refractivity contribution in [3.63, 3.8) is 0 Å². The van der Waals surface area contributed by atoms with Crippen LogP contribution in [0.25, 0.3) is 0 Å². The zero-order valence-electron chi connectivity index (χ0n) is 11.8. The number of aliphatic carboxylic acids is 1. The van der Waals surface area contributed by atoms with E-state index in [9.17, 15) is 14.7 Å². The molecule has 1 aliphatic heterocycles. The lowest BCUT2D eigenvalue weighted by molar-refractivity contribution is -0.145. The third kappa shape index (κ3) is 3.23. The lowest BCUT2D eigenvalue weighted by Crippen LogP contribution is -2.57. The molecular formula is C14H24N2O4. The predicted octanol–water partition coefficient (Wildman–Crippen LogP) is 1.19. The molecule has 0 aromatic heterocycles. The topological polar surface area (TPSA) is 89.9 Å². The van der Waals surface area contributed by atoms with Crippen molar-refractivity contribution in [2.24, 2.45) is 5.92 Å². The number of nitrogens with zero attached hydrogens (tertiary/aromatic N) is 1. The highest BCUT2D eigenvalue weighted by molar-refractivity contribution is 5.86. The lowest BCUT2D eigenvalue weighted by atomic mass is 9.90. The van der Waals surface area contributed by atoms with E-state index in [0.717, 1.165) is 32.1 Å². The molecule has 2 rings (SSSR count). The number of amides is 2. The van der Waals surface area contributed by atoms with Gasteiger partial charge in [-0.15, -0.1) is 0 Å². The minimum absolute atomic E-state index is 0.0772. The van der Waals surface area contributed by atoms with Gasteiger partial charge in [0, 0.05) is 25.6 Å². The first-order chi connectivity index (χ1) is 9.57. The van der Waals surface area contributed by atoms with Crippen molar-refractivity contribution < 1.29 is 19.8 Å². The first-order valence-corrected chi connectivity index (χ1v) is 7.49. The Hall–Kier alpha value is -1.30. The van der Waals surface area contributed by atoms with E-state index in [1.165, 1.54) is 0 Å². The van der Waals surface area contributed by atoms with Crippen molar-refractivity contribution >= 4 is 12.0 Å². The van der Waals surface area contributed by atoms with Crippen LogP contribution in [0, 0.1) is 5.92 Å². The second-order valence-electron chi connectivity index (χ2n) is 6.01. The molecule has 1 unspecified atom stereocenters. The number of likely N-dealkylation sites (tertiary alicyclic amines) is 1. The summed E-state index contributed by atoms with van der Waals surface area (Å²) < 4.78 is 0. The monoisotopic (exact) mass is 284 g/mol. The van der Waals surface area contributed by atoms with Crippen LogP contribution in [0.4, 0.5) is 4.79 Å². The Morgan fingerprint density at radius 3 is 2.35 bits per heavy atom. The normalized spacial score (nSPS) is 26.1. The van der Waals surface area contributed by atoms with E-state index in [1.807, 2.05) is 0 Å². The van der Waals surface area contributed by atoms with E-state index in [0.29, 0.717) is 25.9 Å². The summed E-state index contributed by atoms with van der Waals surface area (Å²) in [6, 6.07) is -0.301. The van der Waals surface area contributed by atoms with Crippen molar-refractivity contribution in [1.29, 1.82) is 0 Å². The van der Waals surface area contributed by atoms with Gasteiger partial charge in [-0.3, -0.25) is 0 Å². The average molecular weight is 284 g/mol. The number of urea groups is 1. The number of rotatable bonds is 3. The van der Waals surface area contributed by atoms with Crippen molar-refractivity contribution in [1.82, 2.24) is 10.2 Å². The Morgan fingerprint density at radius 2 is 1.85 bits per heavy atom. The Bertz CT molecular complexity index is 364. The van der Waals surface area contributed by atoms with Gasteiger partial charge >= 0.3 is 12.0 Å².